The van der Waals surface area contributed by atoms with Gasteiger partial charge in [0.05, 0.1) is 5.39 Å². The van der Waals surface area contributed by atoms with Crippen LogP contribution in [0.25, 0.3) is 21.3 Å². The Morgan fingerprint density at radius 2 is 2.00 bits per heavy atom. The molecule has 1 aromatic carbocycles. The Kier molecular flexibility index (Phi) is 3.48. The lowest BCUT2D eigenvalue weighted by Crippen LogP contribution is -2.00. The number of fused-ring (bicyclic) bond motifs is 1. The second-order valence-corrected chi connectivity index (χ2v) is 5.86. The maximum atomic E-state index is 4.35. The van der Waals surface area contributed by atoms with Gasteiger partial charge < -0.3 is 5.32 Å². The van der Waals surface area contributed by atoms with Crippen LogP contribution < -0.4 is 5.32 Å². The summed E-state index contributed by atoms with van der Waals surface area (Å²) in [5.74, 6) is 0.909. The molecule has 96 valence electrons. The van der Waals surface area contributed by atoms with Crippen molar-refractivity contribution in [3.63, 3.8) is 0 Å². The van der Waals surface area contributed by atoms with Gasteiger partial charge in [-0.25, -0.2) is 9.97 Å². The highest BCUT2D eigenvalue weighted by Crippen LogP contribution is 2.36. The van der Waals surface area contributed by atoms with Crippen LogP contribution in [0.1, 0.15) is 6.92 Å². The van der Waals surface area contributed by atoms with Crippen molar-refractivity contribution in [2.45, 2.75) is 6.92 Å². The van der Waals surface area contributed by atoms with Crippen molar-refractivity contribution in [2.24, 2.45) is 0 Å². The SMILES string of the molecule is CCNc1ncnc2scc(-c3ccc(Br)cc3)c12. The predicted octanol–water partition coefficient (Wildman–Crippen LogP) is 4.55. The molecule has 3 nitrogen and oxygen atoms in total. The van der Waals surface area contributed by atoms with Gasteiger partial charge in [0.1, 0.15) is 17.0 Å². The summed E-state index contributed by atoms with van der Waals surface area (Å²) in [4.78, 5) is 9.71. The number of nitrogens with one attached hydrogen (secondary N) is 1. The van der Waals surface area contributed by atoms with E-state index in [1.165, 1.54) is 11.1 Å². The molecule has 0 bridgehead atoms. The number of hydrogen-bond donors (Lipinski definition) is 1. The minimum absolute atomic E-state index is 0.849. The van der Waals surface area contributed by atoms with Gasteiger partial charge in [0.15, 0.2) is 0 Å². The first-order valence-corrected chi connectivity index (χ1v) is 7.69. The first-order valence-electron chi connectivity index (χ1n) is 6.01. The Morgan fingerprint density at radius 3 is 2.74 bits per heavy atom. The van der Waals surface area contributed by atoms with E-state index in [9.17, 15) is 0 Å². The number of aromatic nitrogens is 2. The van der Waals surface area contributed by atoms with Crippen molar-refractivity contribution in [1.29, 1.82) is 0 Å². The van der Waals surface area contributed by atoms with E-state index >= 15 is 0 Å². The topological polar surface area (TPSA) is 37.8 Å². The van der Waals surface area contributed by atoms with E-state index in [1.54, 1.807) is 17.7 Å². The second-order valence-electron chi connectivity index (χ2n) is 4.09. The largest absolute Gasteiger partial charge is 0.370 e. The van der Waals surface area contributed by atoms with Gasteiger partial charge in [0.25, 0.3) is 0 Å². The molecular weight excluding hydrogens is 322 g/mol. The fourth-order valence-electron chi connectivity index (χ4n) is 2.02. The Morgan fingerprint density at radius 1 is 1.21 bits per heavy atom. The molecule has 0 spiro atoms. The molecule has 1 N–H and O–H groups in total. The number of rotatable bonds is 3. The molecule has 0 radical (unpaired) electrons. The third kappa shape index (κ3) is 2.35. The maximum Gasteiger partial charge on any atom is 0.138 e. The van der Waals surface area contributed by atoms with Crippen LogP contribution in [0, 0.1) is 0 Å². The first-order chi connectivity index (χ1) is 9.29. The Bertz CT molecular complexity index is 706. The molecule has 0 aliphatic rings. The number of hydrogen-bond acceptors (Lipinski definition) is 4. The summed E-state index contributed by atoms with van der Waals surface area (Å²) < 4.78 is 1.08. The van der Waals surface area contributed by atoms with Crippen LogP contribution in [0.3, 0.4) is 0 Å². The second kappa shape index (κ2) is 5.27. The number of thiophene rings is 1. The van der Waals surface area contributed by atoms with E-state index in [0.717, 1.165) is 27.1 Å². The van der Waals surface area contributed by atoms with Crippen molar-refractivity contribution in [3.05, 3.63) is 40.4 Å². The quantitative estimate of drug-likeness (QED) is 0.763. The van der Waals surface area contributed by atoms with Gasteiger partial charge >= 0.3 is 0 Å². The molecule has 5 heteroatoms. The third-order valence-electron chi connectivity index (χ3n) is 2.87. The molecular formula is C14H12BrN3S. The van der Waals surface area contributed by atoms with Gasteiger partial charge in [-0.05, 0) is 24.6 Å². The van der Waals surface area contributed by atoms with Gasteiger partial charge in [-0.1, -0.05) is 28.1 Å². The minimum Gasteiger partial charge on any atom is -0.370 e. The predicted molar refractivity (Wildman–Crippen MR) is 84.7 cm³/mol. The van der Waals surface area contributed by atoms with Crippen molar-refractivity contribution >= 4 is 43.3 Å². The van der Waals surface area contributed by atoms with Crippen molar-refractivity contribution in [1.82, 2.24) is 9.97 Å². The zero-order chi connectivity index (χ0) is 13.2. The number of halogens is 1. The zero-order valence-electron chi connectivity index (χ0n) is 10.4. The molecule has 0 atom stereocenters. The van der Waals surface area contributed by atoms with Gasteiger partial charge in [-0.3, -0.25) is 0 Å². The molecule has 0 amide bonds. The lowest BCUT2D eigenvalue weighted by molar-refractivity contribution is 1.15. The molecule has 2 aromatic heterocycles. The fourth-order valence-corrected chi connectivity index (χ4v) is 3.20. The molecule has 3 aromatic rings. The molecule has 3 rings (SSSR count). The summed E-state index contributed by atoms with van der Waals surface area (Å²) in [5.41, 5.74) is 2.37. The van der Waals surface area contributed by atoms with E-state index in [-0.39, 0.29) is 0 Å². The zero-order valence-corrected chi connectivity index (χ0v) is 12.8. The van der Waals surface area contributed by atoms with Gasteiger partial charge in [-0.15, -0.1) is 11.3 Å². The van der Waals surface area contributed by atoms with Crippen LogP contribution in [0.5, 0.6) is 0 Å². The highest BCUT2D eigenvalue weighted by molar-refractivity contribution is 9.10. The van der Waals surface area contributed by atoms with Crippen LogP contribution in [-0.4, -0.2) is 16.5 Å². The standard InChI is InChI=1S/C14H12BrN3S/c1-2-16-13-12-11(7-19-14(12)18-8-17-13)9-3-5-10(15)6-4-9/h3-8H,2H2,1H3,(H,16,17,18). The summed E-state index contributed by atoms with van der Waals surface area (Å²) in [6.07, 6.45) is 1.61. The van der Waals surface area contributed by atoms with Crippen LogP contribution in [0.4, 0.5) is 5.82 Å². The van der Waals surface area contributed by atoms with Crippen LogP contribution in [0.2, 0.25) is 0 Å². The number of anilines is 1. The fraction of sp³-hybridized carbons (Fsp3) is 0.143. The molecule has 0 aliphatic heterocycles. The smallest absolute Gasteiger partial charge is 0.138 e. The first kappa shape index (κ1) is 12.6. The molecule has 0 fully saturated rings. The van der Waals surface area contributed by atoms with Gasteiger partial charge in [-0.2, -0.15) is 0 Å². The average Bonchev–Trinajstić information content (AvgIpc) is 2.85. The molecule has 19 heavy (non-hydrogen) atoms. The normalized spacial score (nSPS) is 10.8. The maximum absolute atomic E-state index is 4.35. The van der Waals surface area contributed by atoms with E-state index in [2.05, 4.69) is 67.8 Å². The number of nitrogens with zero attached hydrogens (tertiary/aromatic N) is 2. The highest BCUT2D eigenvalue weighted by Gasteiger charge is 2.12. The molecule has 2 heterocycles. The van der Waals surface area contributed by atoms with E-state index in [4.69, 9.17) is 0 Å². The Balaban J connectivity index is 2.21. The Labute approximate surface area is 123 Å². The minimum atomic E-state index is 0.849. The third-order valence-corrected chi connectivity index (χ3v) is 4.28. The molecule has 0 aliphatic carbocycles. The van der Waals surface area contributed by atoms with E-state index in [0.29, 0.717) is 0 Å². The summed E-state index contributed by atoms with van der Waals surface area (Å²) in [6.45, 7) is 2.92. The number of benzene rings is 1. The summed E-state index contributed by atoms with van der Waals surface area (Å²) >= 11 is 5.11. The van der Waals surface area contributed by atoms with Crippen LogP contribution in [-0.2, 0) is 0 Å². The lowest BCUT2D eigenvalue weighted by atomic mass is 10.1. The summed E-state index contributed by atoms with van der Waals surface area (Å²) in [5, 5.41) is 6.55. The van der Waals surface area contributed by atoms with E-state index < -0.39 is 0 Å². The summed E-state index contributed by atoms with van der Waals surface area (Å²) in [7, 11) is 0. The monoisotopic (exact) mass is 333 g/mol. The van der Waals surface area contributed by atoms with Crippen molar-refractivity contribution in [3.8, 4) is 11.1 Å². The van der Waals surface area contributed by atoms with Crippen LogP contribution >= 0.6 is 27.3 Å². The molecule has 0 unspecified atom stereocenters. The van der Waals surface area contributed by atoms with E-state index in [1.807, 2.05) is 0 Å². The van der Waals surface area contributed by atoms with Gasteiger partial charge in [0, 0.05) is 22.0 Å². The van der Waals surface area contributed by atoms with Crippen molar-refractivity contribution in [2.75, 3.05) is 11.9 Å². The van der Waals surface area contributed by atoms with Crippen LogP contribution in [0.15, 0.2) is 40.4 Å². The van der Waals surface area contributed by atoms with Crippen molar-refractivity contribution < 1.29 is 0 Å². The van der Waals surface area contributed by atoms with Gasteiger partial charge in [0.2, 0.25) is 0 Å². The molecule has 0 saturated heterocycles. The average molecular weight is 334 g/mol. The molecule has 0 saturated carbocycles. The lowest BCUT2D eigenvalue weighted by Gasteiger charge is -2.06. The Hall–Kier alpha value is -1.46. The summed E-state index contributed by atoms with van der Waals surface area (Å²) in [6, 6.07) is 8.31. The highest BCUT2D eigenvalue weighted by atomic mass is 79.9.